The van der Waals surface area contributed by atoms with Crippen LogP contribution in [0.3, 0.4) is 0 Å². The summed E-state index contributed by atoms with van der Waals surface area (Å²) in [6.07, 6.45) is 0. The zero-order chi connectivity index (χ0) is 15.4. The van der Waals surface area contributed by atoms with Crippen LogP contribution >= 0.6 is 31.3 Å². The summed E-state index contributed by atoms with van der Waals surface area (Å²) in [5, 5.41) is 0. The summed E-state index contributed by atoms with van der Waals surface area (Å²) in [6, 6.07) is 0. The van der Waals surface area contributed by atoms with Crippen LogP contribution in [-0.2, 0) is 78.1 Å². The zero-order valence-electron chi connectivity index (χ0n) is 8.49. The largest absolute Gasteiger partial charge is 2.00 e. The van der Waals surface area contributed by atoms with E-state index >= 15 is 0 Å². The first-order chi connectivity index (χ1) is 7.41. The van der Waals surface area contributed by atoms with Crippen LogP contribution in [0, 0.1) is 0 Å². The molecule has 0 bridgehead atoms. The predicted molar refractivity (Wildman–Crippen MR) is 37.0 cm³/mol. The van der Waals surface area contributed by atoms with E-state index in [-0.39, 0.29) is 51.2 Å². The maximum atomic E-state index is 9.44. The predicted octanol–water partition coefficient (Wildman–Crippen LogP) is -5.42. The van der Waals surface area contributed by atoms with E-state index in [1.54, 1.807) is 0 Å². The SMILES string of the molecule is O=P([O-])([O-])OP(=O)([O-])O.O=P([O-])([O-])OP(=O)([O-])O.[Cu+2].[Cu+2].[Cu+2]. The molecule has 2 unspecified atom stereocenters. The molecule has 21 heteroatoms. The summed E-state index contributed by atoms with van der Waals surface area (Å²) in [4.78, 5) is 71.4. The van der Waals surface area contributed by atoms with E-state index in [0.29, 0.717) is 0 Å². The molecule has 0 aromatic heterocycles. The van der Waals surface area contributed by atoms with Crippen LogP contribution in [0.25, 0.3) is 0 Å². The van der Waals surface area contributed by atoms with Gasteiger partial charge in [-0.1, -0.05) is 0 Å². The molecule has 14 nitrogen and oxygen atoms in total. The van der Waals surface area contributed by atoms with E-state index in [2.05, 4.69) is 8.62 Å². The van der Waals surface area contributed by atoms with Gasteiger partial charge in [0.25, 0.3) is 15.6 Å². The van der Waals surface area contributed by atoms with Gasteiger partial charge in [-0.3, -0.25) is 17.8 Å². The fraction of sp³-hybridized carbons (Fsp3) is 0. The van der Waals surface area contributed by atoms with Gasteiger partial charge < -0.3 is 48.3 Å². The van der Waals surface area contributed by atoms with Crippen molar-refractivity contribution < 1.29 is 117 Å². The number of hydrogen-bond acceptors (Lipinski definition) is 12. The quantitative estimate of drug-likeness (QED) is 0.249. The molecule has 0 aromatic rings. The summed E-state index contributed by atoms with van der Waals surface area (Å²) in [6.45, 7) is 0. The normalized spacial score (nSPS) is 16.4. The Morgan fingerprint density at radius 1 is 0.571 bits per heavy atom. The summed E-state index contributed by atoms with van der Waals surface area (Å²) < 4.78 is 42.9. The van der Waals surface area contributed by atoms with Crippen LogP contribution in [0.1, 0.15) is 0 Å². The molecular weight excluding hydrogens is 539 g/mol. The van der Waals surface area contributed by atoms with E-state index in [0.717, 1.165) is 0 Å². The van der Waals surface area contributed by atoms with Crippen molar-refractivity contribution in [2.45, 2.75) is 0 Å². The summed E-state index contributed by atoms with van der Waals surface area (Å²) in [5.74, 6) is 0. The Morgan fingerprint density at radius 3 is 0.714 bits per heavy atom. The molecule has 0 rings (SSSR count). The third kappa shape index (κ3) is 44.9. The molecule has 0 aromatic carbocycles. The van der Waals surface area contributed by atoms with Crippen molar-refractivity contribution >= 4 is 31.3 Å². The van der Waals surface area contributed by atoms with Gasteiger partial charge >= 0.3 is 51.2 Å². The Hall–Kier alpha value is 2.08. The maximum absolute atomic E-state index is 9.44. The van der Waals surface area contributed by atoms with Gasteiger partial charge in [0.1, 0.15) is 0 Å². The minimum Gasteiger partial charge on any atom is -0.790 e. The Morgan fingerprint density at radius 2 is 0.714 bits per heavy atom. The Kier molecular flexibility index (Phi) is 20.4. The first kappa shape index (κ1) is 34.4. The van der Waals surface area contributed by atoms with Gasteiger partial charge in [0.05, 0.1) is 15.6 Å². The van der Waals surface area contributed by atoms with E-state index in [9.17, 15) is 47.6 Å². The molecule has 0 aliphatic rings. The van der Waals surface area contributed by atoms with E-state index < -0.39 is 31.3 Å². The van der Waals surface area contributed by atoms with Crippen molar-refractivity contribution in [3.63, 3.8) is 0 Å². The molecule has 0 amide bonds. The van der Waals surface area contributed by atoms with Gasteiger partial charge in [-0.2, -0.15) is 0 Å². The molecular formula is H2Cu3O14P4. The van der Waals surface area contributed by atoms with Crippen molar-refractivity contribution in [3.05, 3.63) is 0 Å². The van der Waals surface area contributed by atoms with Crippen molar-refractivity contribution in [2.75, 3.05) is 0 Å². The first-order valence-corrected chi connectivity index (χ1v) is 8.87. The van der Waals surface area contributed by atoms with Crippen LogP contribution in [0.2, 0.25) is 0 Å². The molecule has 2 atom stereocenters. The van der Waals surface area contributed by atoms with E-state index in [1.807, 2.05) is 0 Å². The minimum absolute atomic E-state index is 0. The molecule has 0 aliphatic carbocycles. The van der Waals surface area contributed by atoms with Crippen LogP contribution < -0.4 is 29.4 Å². The standard InChI is InChI=1S/3Cu.2H4O7P2/c;;;2*1-8(2,3)7-9(4,5)6/h;;;2*(H2,1,2,3)(H2,4,5,6)/q3*+2;;/p-6. The molecule has 0 fully saturated rings. The smallest absolute Gasteiger partial charge is 0.790 e. The first-order valence-electron chi connectivity index (χ1n) is 2.96. The molecule has 0 saturated carbocycles. The minimum atomic E-state index is -5.61. The van der Waals surface area contributed by atoms with Gasteiger partial charge in [0, 0.05) is 0 Å². The van der Waals surface area contributed by atoms with Crippen molar-refractivity contribution in [3.8, 4) is 0 Å². The van der Waals surface area contributed by atoms with Crippen molar-refractivity contribution in [1.29, 1.82) is 0 Å². The third-order valence-corrected chi connectivity index (χ3v) is 3.66. The van der Waals surface area contributed by atoms with Crippen LogP contribution in [0.15, 0.2) is 0 Å². The van der Waals surface area contributed by atoms with Crippen LogP contribution in [0.4, 0.5) is 0 Å². The van der Waals surface area contributed by atoms with E-state index in [4.69, 9.17) is 9.79 Å². The monoisotopic (exact) mass is 539 g/mol. The fourth-order valence-corrected chi connectivity index (χ4v) is 2.27. The summed E-state index contributed by atoms with van der Waals surface area (Å²) in [7, 11) is -22.1. The number of hydrogen-bond donors (Lipinski definition) is 2. The summed E-state index contributed by atoms with van der Waals surface area (Å²) in [5.41, 5.74) is 0. The second-order valence-corrected chi connectivity index (χ2v) is 6.96. The fourth-order valence-electron chi connectivity index (χ4n) is 0.253. The Balaban J connectivity index is -0.0000000711. The van der Waals surface area contributed by atoms with Crippen LogP contribution in [-0.4, -0.2) is 9.79 Å². The van der Waals surface area contributed by atoms with Gasteiger partial charge in [-0.05, 0) is 0 Å². The van der Waals surface area contributed by atoms with Crippen LogP contribution in [0.5, 0.6) is 0 Å². The molecule has 0 heterocycles. The van der Waals surface area contributed by atoms with E-state index in [1.165, 1.54) is 0 Å². The van der Waals surface area contributed by atoms with Gasteiger partial charge in [0.2, 0.25) is 0 Å². The number of rotatable bonds is 4. The van der Waals surface area contributed by atoms with Crippen molar-refractivity contribution in [1.82, 2.24) is 0 Å². The topological polar surface area (TPSA) is 266 Å². The molecule has 0 saturated heterocycles. The van der Waals surface area contributed by atoms with Gasteiger partial charge in [-0.15, -0.1) is 0 Å². The molecule has 21 heavy (non-hydrogen) atoms. The molecule has 2 N–H and O–H groups in total. The Bertz CT molecular complexity index is 349. The third-order valence-electron chi connectivity index (χ3n) is 0.406. The molecule has 139 valence electrons. The maximum Gasteiger partial charge on any atom is 2.00 e. The number of phosphoric acid groups is 4. The molecule has 3 radical (unpaired) electrons. The van der Waals surface area contributed by atoms with Gasteiger partial charge in [-0.25, -0.2) is 0 Å². The second kappa shape index (κ2) is 12.4. The average Bonchev–Trinajstić information content (AvgIpc) is 1.64. The summed E-state index contributed by atoms with van der Waals surface area (Å²) >= 11 is 0. The Labute approximate surface area is 148 Å². The zero-order valence-corrected chi connectivity index (χ0v) is 14.9. The van der Waals surface area contributed by atoms with Gasteiger partial charge in [0.15, 0.2) is 0 Å². The van der Waals surface area contributed by atoms with Crippen molar-refractivity contribution in [2.24, 2.45) is 0 Å². The molecule has 0 spiro atoms. The second-order valence-electron chi connectivity index (χ2n) is 1.99. The molecule has 0 aliphatic heterocycles. The average molecular weight is 541 g/mol.